The first-order valence-corrected chi connectivity index (χ1v) is 7.08. The topological polar surface area (TPSA) is 66.6 Å². The lowest BCUT2D eigenvalue weighted by atomic mass is 10.2. The highest BCUT2D eigenvalue weighted by Gasteiger charge is 2.02. The number of nitrogens with one attached hydrogen (secondary N) is 2. The zero-order valence-corrected chi connectivity index (χ0v) is 13.0. The number of rotatable bonds is 5. The third kappa shape index (κ3) is 4.37. The molecule has 2 N–H and O–H groups in total. The Morgan fingerprint density at radius 2 is 2.30 bits per heavy atom. The molecule has 0 fully saturated rings. The lowest BCUT2D eigenvalue weighted by molar-refractivity contribution is -0.119. The molecule has 5 nitrogen and oxygen atoms in total. The van der Waals surface area contributed by atoms with Crippen LogP contribution in [0.5, 0.6) is 0 Å². The molecule has 1 amide bonds. The molecule has 0 atom stereocenters. The number of carbonyl (C=O) groups is 1. The maximum atomic E-state index is 11.6. The van der Waals surface area contributed by atoms with E-state index in [1.165, 1.54) is 6.21 Å². The second-order valence-corrected chi connectivity index (χ2v) is 5.37. The van der Waals surface area contributed by atoms with Crippen LogP contribution in [0.25, 0.3) is 0 Å². The first-order valence-electron chi connectivity index (χ1n) is 6.00. The fourth-order valence-electron chi connectivity index (χ4n) is 1.57. The summed E-state index contributed by atoms with van der Waals surface area (Å²) in [4.78, 5) is 11.6. The Hall–Kier alpha value is -1.83. The third-order valence-corrected chi connectivity index (χ3v) is 3.22. The van der Waals surface area contributed by atoms with E-state index in [9.17, 15) is 4.79 Å². The van der Waals surface area contributed by atoms with Crippen LogP contribution in [-0.2, 0) is 4.79 Å². The van der Waals surface area contributed by atoms with Crippen molar-refractivity contribution in [2.45, 2.75) is 6.92 Å². The number of hydrazone groups is 1. The molecule has 0 spiro atoms. The van der Waals surface area contributed by atoms with Crippen LogP contribution in [0.1, 0.15) is 11.3 Å². The molecule has 2 rings (SSSR count). The molecule has 0 aliphatic carbocycles. The van der Waals surface area contributed by atoms with E-state index in [2.05, 4.69) is 44.5 Å². The number of benzene rings is 1. The minimum Gasteiger partial charge on any atom is -0.463 e. The Balaban J connectivity index is 1.80. The van der Waals surface area contributed by atoms with Crippen LogP contribution in [0.4, 0.5) is 5.69 Å². The minimum absolute atomic E-state index is 0.164. The van der Waals surface area contributed by atoms with E-state index in [0.717, 1.165) is 14.8 Å². The first-order chi connectivity index (χ1) is 9.65. The maximum Gasteiger partial charge on any atom is 0.259 e. The summed E-state index contributed by atoms with van der Waals surface area (Å²) in [5.74, 6) is 0.373. The average molecular weight is 383 g/mol. The smallest absolute Gasteiger partial charge is 0.259 e. The molecule has 0 bridgehead atoms. The Kier molecular flexibility index (Phi) is 5.16. The van der Waals surface area contributed by atoms with E-state index in [-0.39, 0.29) is 12.5 Å². The van der Waals surface area contributed by atoms with Crippen LogP contribution >= 0.6 is 22.6 Å². The van der Waals surface area contributed by atoms with Crippen molar-refractivity contribution in [3.63, 3.8) is 0 Å². The molecule has 20 heavy (non-hydrogen) atoms. The SMILES string of the molecule is Cc1cc(I)ccc1NCC(=O)N/N=C/c1ccco1. The highest BCUT2D eigenvalue weighted by Crippen LogP contribution is 2.17. The van der Waals surface area contributed by atoms with Gasteiger partial charge in [-0.2, -0.15) is 5.10 Å². The standard InChI is InChI=1S/C14H14IN3O2/c1-10-7-11(15)4-5-13(10)16-9-14(19)18-17-8-12-3-2-6-20-12/h2-8,16H,9H2,1H3,(H,18,19)/b17-8+. The number of furan rings is 1. The summed E-state index contributed by atoms with van der Waals surface area (Å²) in [7, 11) is 0. The van der Waals surface area contributed by atoms with Gasteiger partial charge < -0.3 is 9.73 Å². The molecule has 0 unspecified atom stereocenters. The maximum absolute atomic E-state index is 11.6. The Morgan fingerprint density at radius 1 is 1.45 bits per heavy atom. The number of aryl methyl sites for hydroxylation is 1. The molecule has 2 aromatic rings. The highest BCUT2D eigenvalue weighted by atomic mass is 127. The molecular weight excluding hydrogens is 369 g/mol. The van der Waals surface area contributed by atoms with Gasteiger partial charge in [0.1, 0.15) is 5.76 Å². The number of hydrogen-bond acceptors (Lipinski definition) is 4. The zero-order valence-electron chi connectivity index (χ0n) is 10.9. The van der Waals surface area contributed by atoms with Crippen LogP contribution in [0, 0.1) is 10.5 Å². The van der Waals surface area contributed by atoms with Gasteiger partial charge in [0.05, 0.1) is 19.0 Å². The van der Waals surface area contributed by atoms with Crippen molar-refractivity contribution in [2.75, 3.05) is 11.9 Å². The molecule has 0 aliphatic rings. The Labute approximate surface area is 130 Å². The Bertz CT molecular complexity index is 609. The summed E-state index contributed by atoms with van der Waals surface area (Å²) < 4.78 is 6.22. The van der Waals surface area contributed by atoms with Crippen LogP contribution < -0.4 is 10.7 Å². The fraction of sp³-hybridized carbons (Fsp3) is 0.143. The summed E-state index contributed by atoms with van der Waals surface area (Å²) in [6.07, 6.45) is 3.00. The molecule has 0 saturated heterocycles. The van der Waals surface area contributed by atoms with Crippen LogP contribution in [0.3, 0.4) is 0 Å². The monoisotopic (exact) mass is 383 g/mol. The lowest BCUT2D eigenvalue weighted by Crippen LogP contribution is -2.26. The predicted octanol–water partition coefficient (Wildman–Crippen LogP) is 2.75. The normalized spacial score (nSPS) is 10.7. The van der Waals surface area contributed by atoms with E-state index < -0.39 is 0 Å². The van der Waals surface area contributed by atoms with Gasteiger partial charge in [-0.1, -0.05) is 0 Å². The van der Waals surface area contributed by atoms with Gasteiger partial charge >= 0.3 is 0 Å². The molecule has 1 heterocycles. The zero-order chi connectivity index (χ0) is 14.4. The summed E-state index contributed by atoms with van der Waals surface area (Å²) in [6.45, 7) is 2.16. The fourth-order valence-corrected chi connectivity index (χ4v) is 2.22. The largest absolute Gasteiger partial charge is 0.463 e. The van der Waals surface area contributed by atoms with Crippen molar-refractivity contribution in [2.24, 2.45) is 5.10 Å². The van der Waals surface area contributed by atoms with Gasteiger partial charge in [-0.15, -0.1) is 0 Å². The summed E-state index contributed by atoms with van der Waals surface area (Å²) in [5.41, 5.74) is 4.47. The molecular formula is C14H14IN3O2. The number of anilines is 1. The number of carbonyl (C=O) groups excluding carboxylic acids is 1. The Morgan fingerprint density at radius 3 is 3.00 bits per heavy atom. The van der Waals surface area contributed by atoms with Gasteiger partial charge in [0.2, 0.25) is 0 Å². The average Bonchev–Trinajstić information content (AvgIpc) is 2.91. The van der Waals surface area contributed by atoms with Gasteiger partial charge in [0, 0.05) is 9.26 Å². The second-order valence-electron chi connectivity index (χ2n) is 4.12. The van der Waals surface area contributed by atoms with E-state index in [1.54, 1.807) is 18.4 Å². The first kappa shape index (κ1) is 14.6. The molecule has 6 heteroatoms. The van der Waals surface area contributed by atoms with Gasteiger partial charge in [-0.3, -0.25) is 4.79 Å². The molecule has 0 saturated carbocycles. The van der Waals surface area contributed by atoms with Gasteiger partial charge in [-0.05, 0) is 65.4 Å². The highest BCUT2D eigenvalue weighted by molar-refractivity contribution is 14.1. The number of hydrogen-bond donors (Lipinski definition) is 2. The third-order valence-electron chi connectivity index (χ3n) is 2.55. The van der Waals surface area contributed by atoms with Gasteiger partial charge in [0.15, 0.2) is 0 Å². The minimum atomic E-state index is -0.217. The molecule has 104 valence electrons. The summed E-state index contributed by atoms with van der Waals surface area (Å²) >= 11 is 2.25. The van der Waals surface area contributed by atoms with Crippen molar-refractivity contribution in [3.05, 3.63) is 51.5 Å². The molecule has 0 aliphatic heterocycles. The van der Waals surface area contributed by atoms with Crippen LogP contribution in [0.15, 0.2) is 46.1 Å². The van der Waals surface area contributed by atoms with Gasteiger partial charge in [-0.25, -0.2) is 5.43 Å². The quantitative estimate of drug-likeness (QED) is 0.474. The predicted molar refractivity (Wildman–Crippen MR) is 86.8 cm³/mol. The van der Waals surface area contributed by atoms with Crippen molar-refractivity contribution >= 4 is 40.4 Å². The summed E-state index contributed by atoms with van der Waals surface area (Å²) in [6, 6.07) is 9.50. The van der Waals surface area contributed by atoms with Crippen molar-refractivity contribution in [1.29, 1.82) is 0 Å². The van der Waals surface area contributed by atoms with Crippen LogP contribution in [0.2, 0.25) is 0 Å². The van der Waals surface area contributed by atoms with Crippen molar-refractivity contribution in [3.8, 4) is 0 Å². The van der Waals surface area contributed by atoms with Crippen LogP contribution in [-0.4, -0.2) is 18.7 Å². The van der Waals surface area contributed by atoms with E-state index >= 15 is 0 Å². The van der Waals surface area contributed by atoms with E-state index in [0.29, 0.717) is 5.76 Å². The molecule has 0 radical (unpaired) electrons. The number of amides is 1. The molecule has 1 aromatic heterocycles. The summed E-state index contributed by atoms with van der Waals surface area (Å²) in [5, 5.41) is 6.87. The van der Waals surface area contributed by atoms with Crippen molar-refractivity contribution in [1.82, 2.24) is 5.43 Å². The number of halogens is 1. The lowest BCUT2D eigenvalue weighted by Gasteiger charge is -2.08. The number of nitrogens with zero attached hydrogens (tertiary/aromatic N) is 1. The van der Waals surface area contributed by atoms with Crippen molar-refractivity contribution < 1.29 is 9.21 Å². The molecule has 1 aromatic carbocycles. The van der Waals surface area contributed by atoms with Gasteiger partial charge in [0.25, 0.3) is 5.91 Å². The second kappa shape index (κ2) is 7.09. The van der Waals surface area contributed by atoms with E-state index in [1.807, 2.05) is 19.1 Å². The van der Waals surface area contributed by atoms with E-state index in [4.69, 9.17) is 4.42 Å².